The van der Waals surface area contributed by atoms with Crippen molar-refractivity contribution < 1.29 is 9.90 Å². The summed E-state index contributed by atoms with van der Waals surface area (Å²) in [5, 5.41) is 11.8. The highest BCUT2D eigenvalue weighted by Gasteiger charge is 1.99. The van der Waals surface area contributed by atoms with Crippen molar-refractivity contribution in [3.05, 3.63) is 28.8 Å². The molecule has 2 N–H and O–H groups in total. The lowest BCUT2D eigenvalue weighted by atomic mass is 10.2. The lowest BCUT2D eigenvalue weighted by molar-refractivity contribution is -0.134. The minimum atomic E-state index is -0.882. The van der Waals surface area contributed by atoms with Gasteiger partial charge in [0, 0.05) is 10.7 Å². The van der Waals surface area contributed by atoms with Crippen LogP contribution >= 0.6 is 11.6 Å². The SMILES string of the molecule is Cc1cc(NCC(=O)O)ccc1Cl. The number of benzene rings is 1. The van der Waals surface area contributed by atoms with Gasteiger partial charge in [0.1, 0.15) is 6.54 Å². The van der Waals surface area contributed by atoms with Crippen LogP contribution in [0.5, 0.6) is 0 Å². The molecular formula is C9H10ClNO2. The van der Waals surface area contributed by atoms with Crippen LogP contribution in [0.1, 0.15) is 5.56 Å². The molecule has 0 atom stereocenters. The van der Waals surface area contributed by atoms with Crippen LogP contribution in [-0.2, 0) is 4.79 Å². The number of hydrogen-bond donors (Lipinski definition) is 2. The lowest BCUT2D eigenvalue weighted by Gasteiger charge is -2.04. The molecule has 0 saturated heterocycles. The molecule has 0 bridgehead atoms. The molecule has 0 aliphatic rings. The van der Waals surface area contributed by atoms with Crippen LogP contribution in [-0.4, -0.2) is 17.6 Å². The predicted octanol–water partition coefficient (Wildman–Crippen LogP) is 2.14. The predicted molar refractivity (Wildman–Crippen MR) is 52.3 cm³/mol. The van der Waals surface area contributed by atoms with E-state index in [0.29, 0.717) is 5.02 Å². The van der Waals surface area contributed by atoms with Crippen molar-refractivity contribution >= 4 is 23.3 Å². The van der Waals surface area contributed by atoms with Gasteiger partial charge >= 0.3 is 5.97 Å². The van der Waals surface area contributed by atoms with Gasteiger partial charge in [-0.1, -0.05) is 11.6 Å². The number of nitrogens with one attached hydrogen (secondary N) is 1. The Morgan fingerprint density at radius 3 is 2.85 bits per heavy atom. The normalized spacial score (nSPS) is 9.69. The average Bonchev–Trinajstić information content (AvgIpc) is 2.07. The highest BCUT2D eigenvalue weighted by atomic mass is 35.5. The van der Waals surface area contributed by atoms with Crippen LogP contribution in [0.25, 0.3) is 0 Å². The molecule has 0 spiro atoms. The minimum Gasteiger partial charge on any atom is -0.480 e. The Kier molecular flexibility index (Phi) is 3.14. The smallest absolute Gasteiger partial charge is 0.322 e. The van der Waals surface area contributed by atoms with Crippen molar-refractivity contribution in [1.82, 2.24) is 0 Å². The van der Waals surface area contributed by atoms with E-state index in [1.807, 2.05) is 13.0 Å². The molecule has 0 aliphatic carbocycles. The monoisotopic (exact) mass is 199 g/mol. The summed E-state index contributed by atoms with van der Waals surface area (Å²) in [6, 6.07) is 5.30. The van der Waals surface area contributed by atoms with E-state index in [9.17, 15) is 4.79 Å². The fourth-order valence-electron chi connectivity index (χ4n) is 0.932. The molecule has 0 fully saturated rings. The maximum Gasteiger partial charge on any atom is 0.322 e. The number of carboxylic acid groups (broad SMARTS) is 1. The van der Waals surface area contributed by atoms with Gasteiger partial charge in [-0.25, -0.2) is 0 Å². The molecule has 0 amide bonds. The third-order valence-electron chi connectivity index (χ3n) is 1.60. The van der Waals surface area contributed by atoms with Gasteiger partial charge < -0.3 is 10.4 Å². The second-order valence-corrected chi connectivity index (χ2v) is 3.12. The van der Waals surface area contributed by atoms with Crippen molar-refractivity contribution in [2.75, 3.05) is 11.9 Å². The third-order valence-corrected chi connectivity index (χ3v) is 2.03. The number of hydrogen-bond acceptors (Lipinski definition) is 2. The fourth-order valence-corrected chi connectivity index (χ4v) is 1.05. The number of rotatable bonds is 3. The molecule has 0 unspecified atom stereocenters. The Morgan fingerprint density at radius 2 is 2.31 bits per heavy atom. The highest BCUT2D eigenvalue weighted by molar-refractivity contribution is 6.31. The van der Waals surface area contributed by atoms with Gasteiger partial charge in [0.2, 0.25) is 0 Å². The molecule has 70 valence electrons. The third kappa shape index (κ3) is 2.95. The van der Waals surface area contributed by atoms with Crippen molar-refractivity contribution in [2.45, 2.75) is 6.92 Å². The number of anilines is 1. The molecule has 0 saturated carbocycles. The van der Waals surface area contributed by atoms with Crippen LogP contribution in [0.2, 0.25) is 5.02 Å². The molecular weight excluding hydrogens is 190 g/mol. The topological polar surface area (TPSA) is 49.3 Å². The van der Waals surface area contributed by atoms with Crippen LogP contribution in [0.15, 0.2) is 18.2 Å². The molecule has 1 aromatic carbocycles. The maximum absolute atomic E-state index is 10.2. The van der Waals surface area contributed by atoms with Gasteiger partial charge in [0.15, 0.2) is 0 Å². The number of aryl methyl sites for hydroxylation is 1. The van der Waals surface area contributed by atoms with E-state index in [2.05, 4.69) is 5.32 Å². The van der Waals surface area contributed by atoms with Crippen LogP contribution in [0, 0.1) is 6.92 Å². The Hall–Kier alpha value is -1.22. The zero-order chi connectivity index (χ0) is 9.84. The molecule has 1 aromatic rings. The van der Waals surface area contributed by atoms with E-state index >= 15 is 0 Å². The molecule has 1 rings (SSSR count). The number of halogens is 1. The highest BCUT2D eigenvalue weighted by Crippen LogP contribution is 2.18. The largest absolute Gasteiger partial charge is 0.480 e. The average molecular weight is 200 g/mol. The summed E-state index contributed by atoms with van der Waals surface area (Å²) in [7, 11) is 0. The van der Waals surface area contributed by atoms with Crippen molar-refractivity contribution in [3.8, 4) is 0 Å². The van der Waals surface area contributed by atoms with E-state index in [1.54, 1.807) is 12.1 Å². The van der Waals surface area contributed by atoms with Gasteiger partial charge in [0.25, 0.3) is 0 Å². The second-order valence-electron chi connectivity index (χ2n) is 2.71. The first-order valence-electron chi connectivity index (χ1n) is 3.81. The Labute approximate surface area is 81.3 Å². The first-order chi connectivity index (χ1) is 6.09. The van der Waals surface area contributed by atoms with Crippen LogP contribution in [0.3, 0.4) is 0 Å². The summed E-state index contributed by atoms with van der Waals surface area (Å²) in [4.78, 5) is 10.2. The molecule has 13 heavy (non-hydrogen) atoms. The minimum absolute atomic E-state index is 0.0823. The number of aliphatic carboxylic acids is 1. The van der Waals surface area contributed by atoms with Crippen LogP contribution < -0.4 is 5.32 Å². The molecule has 3 nitrogen and oxygen atoms in total. The zero-order valence-corrected chi connectivity index (χ0v) is 7.93. The Morgan fingerprint density at radius 1 is 1.62 bits per heavy atom. The summed E-state index contributed by atoms with van der Waals surface area (Å²) in [5.41, 5.74) is 1.70. The van der Waals surface area contributed by atoms with Gasteiger partial charge in [0.05, 0.1) is 0 Å². The van der Waals surface area contributed by atoms with E-state index in [4.69, 9.17) is 16.7 Å². The van der Waals surface area contributed by atoms with Gasteiger partial charge in [-0.15, -0.1) is 0 Å². The summed E-state index contributed by atoms with van der Waals surface area (Å²) in [5.74, 6) is -0.882. The van der Waals surface area contributed by atoms with Gasteiger partial charge in [-0.3, -0.25) is 4.79 Å². The number of carbonyl (C=O) groups is 1. The Balaban J connectivity index is 2.68. The quantitative estimate of drug-likeness (QED) is 0.784. The van der Waals surface area contributed by atoms with Crippen LogP contribution in [0.4, 0.5) is 5.69 Å². The molecule has 0 aliphatic heterocycles. The number of carboxylic acids is 1. The van der Waals surface area contributed by atoms with Crippen molar-refractivity contribution in [3.63, 3.8) is 0 Å². The van der Waals surface area contributed by atoms with E-state index in [-0.39, 0.29) is 6.54 Å². The first kappa shape index (κ1) is 9.86. The molecule has 4 heteroatoms. The van der Waals surface area contributed by atoms with Crippen molar-refractivity contribution in [1.29, 1.82) is 0 Å². The summed E-state index contributed by atoms with van der Waals surface area (Å²) < 4.78 is 0. The first-order valence-corrected chi connectivity index (χ1v) is 4.19. The van der Waals surface area contributed by atoms with E-state index in [1.165, 1.54) is 0 Å². The lowest BCUT2D eigenvalue weighted by Crippen LogP contribution is -2.12. The second kappa shape index (κ2) is 4.14. The molecule has 0 aromatic heterocycles. The molecule has 0 heterocycles. The van der Waals surface area contributed by atoms with E-state index < -0.39 is 5.97 Å². The standard InChI is InChI=1S/C9H10ClNO2/c1-6-4-7(2-3-8(6)10)11-5-9(12)13/h2-4,11H,5H2,1H3,(H,12,13). The maximum atomic E-state index is 10.2. The van der Waals surface area contributed by atoms with Crippen molar-refractivity contribution in [2.24, 2.45) is 0 Å². The summed E-state index contributed by atoms with van der Waals surface area (Å²) >= 11 is 5.80. The van der Waals surface area contributed by atoms with Gasteiger partial charge in [-0.2, -0.15) is 0 Å². The van der Waals surface area contributed by atoms with Gasteiger partial charge in [-0.05, 0) is 30.7 Å². The fraction of sp³-hybridized carbons (Fsp3) is 0.222. The summed E-state index contributed by atoms with van der Waals surface area (Å²) in [6.45, 7) is 1.79. The molecule has 0 radical (unpaired) electrons. The Bertz CT molecular complexity index is 325. The van der Waals surface area contributed by atoms with E-state index in [0.717, 1.165) is 11.3 Å². The zero-order valence-electron chi connectivity index (χ0n) is 7.17. The summed E-state index contributed by atoms with van der Waals surface area (Å²) in [6.07, 6.45) is 0.